The van der Waals surface area contributed by atoms with Gasteiger partial charge in [0.1, 0.15) is 11.9 Å². The van der Waals surface area contributed by atoms with E-state index < -0.39 is 12.0 Å². The van der Waals surface area contributed by atoms with Gasteiger partial charge in [-0.05, 0) is 23.6 Å². The van der Waals surface area contributed by atoms with E-state index in [2.05, 4.69) is 0 Å². The predicted molar refractivity (Wildman–Crippen MR) is 77.2 cm³/mol. The highest BCUT2D eigenvalue weighted by Gasteiger charge is 2.31. The molecule has 108 valence electrons. The summed E-state index contributed by atoms with van der Waals surface area (Å²) in [6.07, 6.45) is 0.458. The zero-order valence-electron chi connectivity index (χ0n) is 11.5. The van der Waals surface area contributed by atoms with Crippen molar-refractivity contribution in [1.29, 1.82) is 0 Å². The van der Waals surface area contributed by atoms with Crippen LogP contribution in [0.4, 0.5) is 4.39 Å². The Hall–Kier alpha value is -2.20. The molecule has 0 bridgehead atoms. The van der Waals surface area contributed by atoms with Crippen molar-refractivity contribution in [3.63, 3.8) is 0 Å². The number of rotatable bonds is 3. The second-order valence-corrected chi connectivity index (χ2v) is 5.32. The molecule has 1 heterocycles. The van der Waals surface area contributed by atoms with E-state index in [0.717, 1.165) is 11.1 Å². The monoisotopic (exact) mass is 285 g/mol. The lowest BCUT2D eigenvalue weighted by atomic mass is 9.93. The molecule has 2 aromatic carbocycles. The molecule has 0 amide bonds. The minimum Gasteiger partial charge on any atom is -0.480 e. The van der Waals surface area contributed by atoms with Gasteiger partial charge in [0.2, 0.25) is 0 Å². The van der Waals surface area contributed by atoms with Gasteiger partial charge in [0, 0.05) is 18.7 Å². The van der Waals surface area contributed by atoms with Crippen LogP contribution < -0.4 is 0 Å². The van der Waals surface area contributed by atoms with E-state index in [1.54, 1.807) is 18.2 Å². The number of carboxylic acid groups (broad SMARTS) is 1. The number of hydrogen-bond donors (Lipinski definition) is 1. The summed E-state index contributed by atoms with van der Waals surface area (Å²) in [6, 6.07) is 13.7. The Labute approximate surface area is 122 Å². The molecule has 0 radical (unpaired) electrons. The molecule has 0 spiro atoms. The van der Waals surface area contributed by atoms with E-state index in [0.29, 0.717) is 25.1 Å². The van der Waals surface area contributed by atoms with Crippen molar-refractivity contribution < 1.29 is 14.3 Å². The van der Waals surface area contributed by atoms with Crippen molar-refractivity contribution in [1.82, 2.24) is 4.90 Å². The maximum Gasteiger partial charge on any atom is 0.321 e. The van der Waals surface area contributed by atoms with Crippen molar-refractivity contribution in [2.45, 2.75) is 25.6 Å². The molecule has 0 saturated heterocycles. The van der Waals surface area contributed by atoms with Crippen molar-refractivity contribution in [2.75, 3.05) is 0 Å². The summed E-state index contributed by atoms with van der Waals surface area (Å²) in [7, 11) is 0. The Morgan fingerprint density at radius 3 is 2.52 bits per heavy atom. The summed E-state index contributed by atoms with van der Waals surface area (Å²) in [4.78, 5) is 13.3. The Morgan fingerprint density at radius 1 is 1.14 bits per heavy atom. The molecule has 0 aromatic heterocycles. The van der Waals surface area contributed by atoms with Gasteiger partial charge in [0.25, 0.3) is 0 Å². The van der Waals surface area contributed by atoms with Crippen LogP contribution in [0.2, 0.25) is 0 Å². The van der Waals surface area contributed by atoms with Crippen LogP contribution >= 0.6 is 0 Å². The molecule has 3 rings (SSSR count). The predicted octanol–water partition coefficient (Wildman–Crippen LogP) is 2.84. The maximum absolute atomic E-state index is 13.8. The highest BCUT2D eigenvalue weighted by atomic mass is 19.1. The quantitative estimate of drug-likeness (QED) is 0.942. The van der Waals surface area contributed by atoms with Gasteiger partial charge in [0.15, 0.2) is 0 Å². The Balaban J connectivity index is 1.89. The molecule has 2 aromatic rings. The molecule has 0 aliphatic carbocycles. The molecule has 3 nitrogen and oxygen atoms in total. The van der Waals surface area contributed by atoms with E-state index in [4.69, 9.17) is 0 Å². The molecular weight excluding hydrogens is 269 g/mol. The second kappa shape index (κ2) is 5.66. The Kier molecular flexibility index (Phi) is 3.71. The number of carbonyl (C=O) groups is 1. The van der Waals surface area contributed by atoms with Crippen LogP contribution in [0.5, 0.6) is 0 Å². The summed E-state index contributed by atoms with van der Waals surface area (Å²) in [5.41, 5.74) is 2.71. The van der Waals surface area contributed by atoms with Gasteiger partial charge in [-0.2, -0.15) is 0 Å². The van der Waals surface area contributed by atoms with Crippen LogP contribution in [0.1, 0.15) is 16.7 Å². The van der Waals surface area contributed by atoms with Gasteiger partial charge in [-0.1, -0.05) is 42.5 Å². The summed E-state index contributed by atoms with van der Waals surface area (Å²) in [5, 5.41) is 9.45. The highest BCUT2D eigenvalue weighted by molar-refractivity contribution is 5.74. The fourth-order valence-corrected chi connectivity index (χ4v) is 2.83. The van der Waals surface area contributed by atoms with Crippen LogP contribution in [0, 0.1) is 5.82 Å². The van der Waals surface area contributed by atoms with Gasteiger partial charge in [0.05, 0.1) is 0 Å². The number of aliphatic carboxylic acids is 1. The number of benzene rings is 2. The molecule has 0 saturated carbocycles. The van der Waals surface area contributed by atoms with Crippen LogP contribution in [0.15, 0.2) is 48.5 Å². The molecule has 1 aliphatic rings. The first-order valence-electron chi connectivity index (χ1n) is 6.92. The smallest absolute Gasteiger partial charge is 0.321 e. The SMILES string of the molecule is O=C(O)[C@@H]1Cc2ccccc2CN1Cc1ccccc1F. The standard InChI is InChI=1S/C17H16FNO2/c18-15-8-4-3-7-14(15)11-19-10-13-6-2-1-5-12(13)9-16(19)17(20)21/h1-8,16H,9-11H2,(H,20,21)/t16-/m0/s1. The zero-order valence-corrected chi connectivity index (χ0v) is 11.5. The lowest BCUT2D eigenvalue weighted by molar-refractivity contribution is -0.144. The van der Waals surface area contributed by atoms with Crippen LogP contribution in [-0.4, -0.2) is 22.0 Å². The van der Waals surface area contributed by atoms with Crippen LogP contribution in [0.3, 0.4) is 0 Å². The minimum atomic E-state index is -0.860. The van der Waals surface area contributed by atoms with Crippen LogP contribution in [-0.2, 0) is 24.3 Å². The lowest BCUT2D eigenvalue weighted by Gasteiger charge is -2.34. The molecule has 1 N–H and O–H groups in total. The normalized spacial score (nSPS) is 18.2. The number of fused-ring (bicyclic) bond motifs is 1. The molecule has 1 aliphatic heterocycles. The van der Waals surface area contributed by atoms with Crippen molar-refractivity contribution in [3.8, 4) is 0 Å². The Morgan fingerprint density at radius 2 is 1.81 bits per heavy atom. The lowest BCUT2D eigenvalue weighted by Crippen LogP contribution is -2.45. The van der Waals surface area contributed by atoms with Crippen LogP contribution in [0.25, 0.3) is 0 Å². The highest BCUT2D eigenvalue weighted by Crippen LogP contribution is 2.25. The summed E-state index contributed by atoms with van der Waals surface area (Å²) < 4.78 is 13.8. The summed E-state index contributed by atoms with van der Waals surface area (Å²) >= 11 is 0. The van der Waals surface area contributed by atoms with Gasteiger partial charge in [-0.15, -0.1) is 0 Å². The molecule has 0 unspecified atom stereocenters. The average molecular weight is 285 g/mol. The van der Waals surface area contributed by atoms with E-state index in [-0.39, 0.29) is 5.82 Å². The third-order valence-electron chi connectivity index (χ3n) is 3.96. The number of hydrogen-bond acceptors (Lipinski definition) is 2. The third kappa shape index (κ3) is 2.81. The van der Waals surface area contributed by atoms with Crippen molar-refractivity contribution >= 4 is 5.97 Å². The molecule has 4 heteroatoms. The summed E-state index contributed by atoms with van der Waals surface area (Å²) in [6.45, 7) is 0.833. The maximum atomic E-state index is 13.8. The largest absolute Gasteiger partial charge is 0.480 e. The molecule has 21 heavy (non-hydrogen) atoms. The van der Waals surface area contributed by atoms with Crippen molar-refractivity contribution in [2.24, 2.45) is 0 Å². The minimum absolute atomic E-state index is 0.291. The molecule has 1 atom stereocenters. The molecule has 0 fully saturated rings. The number of halogens is 1. The van der Waals surface area contributed by atoms with E-state index in [1.807, 2.05) is 29.2 Å². The van der Waals surface area contributed by atoms with Gasteiger partial charge in [-0.3, -0.25) is 9.69 Å². The average Bonchev–Trinajstić information content (AvgIpc) is 2.48. The van der Waals surface area contributed by atoms with Gasteiger partial charge >= 0.3 is 5.97 Å². The number of carboxylic acids is 1. The Bertz CT molecular complexity index is 671. The topological polar surface area (TPSA) is 40.5 Å². The van der Waals surface area contributed by atoms with Gasteiger partial charge in [-0.25, -0.2) is 4.39 Å². The van der Waals surface area contributed by atoms with E-state index in [9.17, 15) is 14.3 Å². The first-order chi connectivity index (χ1) is 10.1. The first-order valence-corrected chi connectivity index (χ1v) is 6.92. The fourth-order valence-electron chi connectivity index (χ4n) is 2.83. The first kappa shape index (κ1) is 13.8. The zero-order chi connectivity index (χ0) is 14.8. The number of nitrogens with zero attached hydrogens (tertiary/aromatic N) is 1. The van der Waals surface area contributed by atoms with E-state index >= 15 is 0 Å². The second-order valence-electron chi connectivity index (χ2n) is 5.32. The molecular formula is C17H16FNO2. The van der Waals surface area contributed by atoms with Gasteiger partial charge < -0.3 is 5.11 Å². The van der Waals surface area contributed by atoms with Crippen molar-refractivity contribution in [3.05, 3.63) is 71.0 Å². The summed E-state index contributed by atoms with van der Waals surface area (Å²) in [5.74, 6) is -1.15. The third-order valence-corrected chi connectivity index (χ3v) is 3.96. The van der Waals surface area contributed by atoms with E-state index in [1.165, 1.54) is 6.07 Å². The fraction of sp³-hybridized carbons (Fsp3) is 0.235.